The summed E-state index contributed by atoms with van der Waals surface area (Å²) in [4.78, 5) is 14.2. The number of carbonyl (C=O) groups excluding carboxylic acids is 1. The standard InChI is InChI=1S/C32H37N2O2/c1-23-6-8-24(9-7-23)26-12-15-31-28(20-26)21-27(16-19-36-31)32(35)30(25-10-13-29(33)14-11-25)22-34(2)17-4-3-5-18-34/h6-15,20-21,30H,3-5,16-19,22,33H2,1-2H3/q+1. The van der Waals surface area contributed by atoms with Gasteiger partial charge in [-0.3, -0.25) is 4.79 Å². The number of nitrogens with zero attached hydrogens (tertiary/aromatic N) is 1. The van der Waals surface area contributed by atoms with Crippen LogP contribution >= 0.6 is 0 Å². The SMILES string of the molecule is Cc1ccc(-c2ccc3c(c2)C=C(C(=O)C(C[N+]2(C)CCCCC2)c2ccc(N)cc2)CCO3)cc1. The van der Waals surface area contributed by atoms with E-state index in [1.165, 1.54) is 24.8 Å². The number of anilines is 1. The van der Waals surface area contributed by atoms with E-state index in [0.29, 0.717) is 13.0 Å². The summed E-state index contributed by atoms with van der Waals surface area (Å²) in [6.45, 7) is 5.68. The van der Waals surface area contributed by atoms with Crippen molar-refractivity contribution in [3.63, 3.8) is 0 Å². The molecule has 0 aromatic heterocycles. The van der Waals surface area contributed by atoms with Gasteiger partial charge in [0.1, 0.15) is 5.75 Å². The first-order valence-electron chi connectivity index (χ1n) is 13.2. The second-order valence-corrected chi connectivity index (χ2v) is 10.8. The molecule has 4 nitrogen and oxygen atoms in total. The first-order chi connectivity index (χ1) is 17.4. The number of nitrogen functional groups attached to an aromatic ring is 1. The Bertz CT molecular complexity index is 1250. The van der Waals surface area contributed by atoms with Crippen LogP contribution in [0.2, 0.25) is 0 Å². The number of hydrogen-bond donors (Lipinski definition) is 1. The second kappa shape index (κ2) is 10.3. The Hall–Kier alpha value is -3.37. The molecule has 36 heavy (non-hydrogen) atoms. The summed E-state index contributed by atoms with van der Waals surface area (Å²) < 4.78 is 7.03. The van der Waals surface area contributed by atoms with Crippen molar-refractivity contribution < 1.29 is 14.0 Å². The number of benzene rings is 3. The number of hydrogen-bond acceptors (Lipinski definition) is 3. The third kappa shape index (κ3) is 5.39. The molecule has 1 unspecified atom stereocenters. The van der Waals surface area contributed by atoms with E-state index >= 15 is 0 Å². The number of carbonyl (C=O) groups is 1. The average molecular weight is 482 g/mol. The van der Waals surface area contributed by atoms with Crippen molar-refractivity contribution in [2.75, 3.05) is 39.0 Å². The molecule has 2 heterocycles. The van der Waals surface area contributed by atoms with E-state index in [0.717, 1.165) is 63.4 Å². The monoisotopic (exact) mass is 481 g/mol. The first-order valence-corrected chi connectivity index (χ1v) is 13.2. The Kier molecular flexibility index (Phi) is 6.97. The smallest absolute Gasteiger partial charge is 0.172 e. The molecule has 3 aromatic carbocycles. The lowest BCUT2D eigenvalue weighted by atomic mass is 9.86. The summed E-state index contributed by atoms with van der Waals surface area (Å²) in [5.74, 6) is 0.858. The lowest BCUT2D eigenvalue weighted by Gasteiger charge is -2.40. The zero-order valence-electron chi connectivity index (χ0n) is 21.5. The molecule has 1 saturated heterocycles. The fourth-order valence-corrected chi connectivity index (χ4v) is 5.63. The molecule has 3 aromatic rings. The molecule has 2 N–H and O–H groups in total. The predicted octanol–water partition coefficient (Wildman–Crippen LogP) is 6.39. The van der Waals surface area contributed by atoms with Gasteiger partial charge in [-0.15, -0.1) is 0 Å². The van der Waals surface area contributed by atoms with Gasteiger partial charge in [0.2, 0.25) is 0 Å². The average Bonchev–Trinajstić information content (AvgIpc) is 3.10. The molecule has 0 spiro atoms. The molecule has 0 bridgehead atoms. The minimum atomic E-state index is -0.193. The summed E-state index contributed by atoms with van der Waals surface area (Å²) in [7, 11) is 2.31. The fraction of sp³-hybridized carbons (Fsp3) is 0.344. The van der Waals surface area contributed by atoms with Crippen molar-refractivity contribution >= 4 is 17.5 Å². The van der Waals surface area contributed by atoms with Crippen LogP contribution in [-0.2, 0) is 4.79 Å². The van der Waals surface area contributed by atoms with Gasteiger partial charge >= 0.3 is 0 Å². The van der Waals surface area contributed by atoms with Gasteiger partial charge in [-0.25, -0.2) is 0 Å². The van der Waals surface area contributed by atoms with Crippen molar-refractivity contribution in [3.05, 3.63) is 89.0 Å². The number of fused-ring (bicyclic) bond motifs is 1. The molecule has 2 aliphatic heterocycles. The van der Waals surface area contributed by atoms with Gasteiger partial charge in [0.15, 0.2) is 5.78 Å². The molecule has 0 amide bonds. The highest BCUT2D eigenvalue weighted by Gasteiger charge is 2.34. The van der Waals surface area contributed by atoms with Crippen LogP contribution in [0.5, 0.6) is 5.75 Å². The van der Waals surface area contributed by atoms with Crippen LogP contribution in [0.3, 0.4) is 0 Å². The summed E-state index contributed by atoms with van der Waals surface area (Å²) in [6.07, 6.45) is 6.43. The van der Waals surface area contributed by atoms with E-state index in [1.807, 2.05) is 30.3 Å². The molecule has 0 aliphatic carbocycles. The number of likely N-dealkylation sites (tertiary alicyclic amines) is 1. The van der Waals surface area contributed by atoms with Crippen LogP contribution in [0.15, 0.2) is 72.3 Å². The quantitative estimate of drug-likeness (QED) is 0.328. The molecular formula is C32H37N2O2+. The van der Waals surface area contributed by atoms with Crippen molar-refractivity contribution in [2.24, 2.45) is 0 Å². The van der Waals surface area contributed by atoms with Crippen molar-refractivity contribution in [1.82, 2.24) is 0 Å². The number of rotatable bonds is 6. The number of nitrogens with two attached hydrogens (primary N) is 1. The minimum absolute atomic E-state index is 0.193. The Labute approximate surface area is 215 Å². The molecule has 5 rings (SSSR count). The van der Waals surface area contributed by atoms with Gasteiger partial charge in [-0.1, -0.05) is 48.0 Å². The minimum Gasteiger partial charge on any atom is -0.493 e. The third-order valence-electron chi connectivity index (χ3n) is 7.84. The Balaban J connectivity index is 1.49. The van der Waals surface area contributed by atoms with Gasteiger partial charge in [0, 0.05) is 23.2 Å². The Morgan fingerprint density at radius 1 is 0.944 bits per heavy atom. The molecule has 1 atom stereocenters. The van der Waals surface area contributed by atoms with Crippen LogP contribution in [0.1, 0.15) is 48.3 Å². The Morgan fingerprint density at radius 3 is 2.36 bits per heavy atom. The van der Waals surface area contributed by atoms with Crippen LogP contribution < -0.4 is 10.5 Å². The normalized spacial score (nSPS) is 17.8. The van der Waals surface area contributed by atoms with Gasteiger partial charge < -0.3 is 15.0 Å². The number of ether oxygens (including phenoxy) is 1. The summed E-state index contributed by atoms with van der Waals surface area (Å²) in [5.41, 5.74) is 13.1. The number of ketones is 1. The molecule has 2 aliphatic rings. The Morgan fingerprint density at radius 2 is 1.64 bits per heavy atom. The summed E-state index contributed by atoms with van der Waals surface area (Å²) >= 11 is 0. The summed E-state index contributed by atoms with van der Waals surface area (Å²) in [5, 5.41) is 0. The molecule has 1 fully saturated rings. The van der Waals surface area contributed by atoms with E-state index in [1.54, 1.807) is 0 Å². The zero-order chi connectivity index (χ0) is 25.1. The second-order valence-electron chi connectivity index (χ2n) is 10.8. The fourth-order valence-electron chi connectivity index (χ4n) is 5.63. The maximum atomic E-state index is 14.2. The van der Waals surface area contributed by atoms with Crippen LogP contribution in [-0.4, -0.2) is 43.6 Å². The maximum absolute atomic E-state index is 14.2. The van der Waals surface area contributed by atoms with Crippen LogP contribution in [0.25, 0.3) is 17.2 Å². The predicted molar refractivity (Wildman–Crippen MR) is 148 cm³/mol. The van der Waals surface area contributed by atoms with Crippen molar-refractivity contribution in [3.8, 4) is 16.9 Å². The highest BCUT2D eigenvalue weighted by molar-refractivity contribution is 6.04. The van der Waals surface area contributed by atoms with E-state index in [4.69, 9.17) is 10.5 Å². The molecule has 0 radical (unpaired) electrons. The van der Waals surface area contributed by atoms with E-state index < -0.39 is 0 Å². The lowest BCUT2D eigenvalue weighted by Crippen LogP contribution is -2.51. The first kappa shape index (κ1) is 24.3. The van der Waals surface area contributed by atoms with Crippen LogP contribution in [0.4, 0.5) is 5.69 Å². The highest BCUT2D eigenvalue weighted by atomic mass is 16.5. The largest absolute Gasteiger partial charge is 0.493 e. The topological polar surface area (TPSA) is 52.3 Å². The number of piperidine rings is 1. The third-order valence-corrected chi connectivity index (χ3v) is 7.84. The van der Waals surface area contributed by atoms with E-state index in [2.05, 4.69) is 56.4 Å². The van der Waals surface area contributed by atoms with Gasteiger partial charge in [-0.2, -0.15) is 0 Å². The van der Waals surface area contributed by atoms with E-state index in [-0.39, 0.29) is 11.7 Å². The molecule has 186 valence electrons. The number of aryl methyl sites for hydroxylation is 1. The lowest BCUT2D eigenvalue weighted by molar-refractivity contribution is -0.914. The molecule has 4 heteroatoms. The number of Topliss-reactive ketones (excluding diaryl/α,β-unsaturated/α-hetero) is 1. The number of likely N-dealkylation sites (N-methyl/N-ethyl adjacent to an activating group) is 1. The van der Waals surface area contributed by atoms with Gasteiger partial charge in [0.05, 0.1) is 39.2 Å². The van der Waals surface area contributed by atoms with Gasteiger partial charge in [0.25, 0.3) is 0 Å². The summed E-state index contributed by atoms with van der Waals surface area (Å²) in [6, 6.07) is 22.7. The van der Waals surface area contributed by atoms with Crippen molar-refractivity contribution in [2.45, 2.75) is 38.5 Å². The van der Waals surface area contributed by atoms with E-state index in [9.17, 15) is 4.79 Å². The number of quaternary nitrogens is 1. The van der Waals surface area contributed by atoms with Crippen molar-refractivity contribution in [1.29, 1.82) is 0 Å². The van der Waals surface area contributed by atoms with Crippen LogP contribution in [0, 0.1) is 6.92 Å². The maximum Gasteiger partial charge on any atom is 0.172 e. The molecule has 0 saturated carbocycles. The zero-order valence-corrected chi connectivity index (χ0v) is 21.5. The van der Waals surface area contributed by atoms with Gasteiger partial charge in [-0.05, 0) is 73.2 Å². The molecular weight excluding hydrogens is 444 g/mol. The highest BCUT2D eigenvalue weighted by Crippen LogP contribution is 2.34.